The summed E-state index contributed by atoms with van der Waals surface area (Å²) in [5.74, 6) is 0.00412. The summed E-state index contributed by atoms with van der Waals surface area (Å²) in [5.41, 5.74) is 7.40. The van der Waals surface area contributed by atoms with Crippen molar-refractivity contribution in [1.29, 1.82) is 0 Å². The van der Waals surface area contributed by atoms with Gasteiger partial charge in [-0.2, -0.15) is 9.61 Å². The van der Waals surface area contributed by atoms with Crippen molar-refractivity contribution < 1.29 is 9.21 Å². The molecular formula is C22H29N3O2. The minimum Gasteiger partial charge on any atom is -0.444 e. The van der Waals surface area contributed by atoms with Gasteiger partial charge in [0, 0.05) is 18.7 Å². The molecule has 0 saturated carbocycles. The Bertz CT molecular complexity index is 952. The van der Waals surface area contributed by atoms with E-state index in [1.807, 2.05) is 11.8 Å². The van der Waals surface area contributed by atoms with E-state index in [0.29, 0.717) is 17.0 Å². The average Bonchev–Trinajstić information content (AvgIpc) is 3.12. The van der Waals surface area contributed by atoms with Crippen LogP contribution in [0, 0.1) is 27.7 Å². The van der Waals surface area contributed by atoms with E-state index in [-0.39, 0.29) is 5.91 Å². The molecule has 0 spiro atoms. The summed E-state index contributed by atoms with van der Waals surface area (Å²) in [6, 6.07) is 4.32. The first kappa shape index (κ1) is 19.2. The SMILES string of the molecule is CCCN(CCC)C(=O)c1c(C)nn2c(-c3c(C)cc(C)cc3C)coc12. The van der Waals surface area contributed by atoms with Gasteiger partial charge in [-0.15, -0.1) is 0 Å². The summed E-state index contributed by atoms with van der Waals surface area (Å²) < 4.78 is 7.66. The maximum absolute atomic E-state index is 13.2. The van der Waals surface area contributed by atoms with Crippen LogP contribution in [0.25, 0.3) is 17.0 Å². The molecule has 5 heteroatoms. The van der Waals surface area contributed by atoms with Crippen LogP contribution in [0.4, 0.5) is 0 Å². The molecule has 27 heavy (non-hydrogen) atoms. The van der Waals surface area contributed by atoms with E-state index in [4.69, 9.17) is 4.42 Å². The molecule has 3 rings (SSSR count). The van der Waals surface area contributed by atoms with Crippen LogP contribution in [0.2, 0.25) is 0 Å². The summed E-state index contributed by atoms with van der Waals surface area (Å²) in [4.78, 5) is 15.1. The van der Waals surface area contributed by atoms with Crippen LogP contribution in [0.1, 0.15) is 59.4 Å². The van der Waals surface area contributed by atoms with Gasteiger partial charge in [0.05, 0.1) is 5.69 Å². The smallest absolute Gasteiger partial charge is 0.261 e. The molecule has 5 nitrogen and oxygen atoms in total. The number of aryl methyl sites for hydroxylation is 4. The number of hydrogen-bond acceptors (Lipinski definition) is 3. The van der Waals surface area contributed by atoms with Gasteiger partial charge in [-0.25, -0.2) is 0 Å². The summed E-state index contributed by atoms with van der Waals surface area (Å²) in [5, 5.41) is 4.65. The maximum Gasteiger partial charge on any atom is 0.261 e. The minimum absolute atomic E-state index is 0.00412. The fourth-order valence-electron chi connectivity index (χ4n) is 3.95. The quantitative estimate of drug-likeness (QED) is 0.610. The van der Waals surface area contributed by atoms with Crippen LogP contribution in [-0.4, -0.2) is 33.5 Å². The van der Waals surface area contributed by atoms with Crippen LogP contribution in [-0.2, 0) is 0 Å². The van der Waals surface area contributed by atoms with E-state index in [0.717, 1.165) is 37.2 Å². The van der Waals surface area contributed by atoms with Crippen molar-refractivity contribution in [2.24, 2.45) is 0 Å². The van der Waals surface area contributed by atoms with E-state index >= 15 is 0 Å². The molecule has 0 atom stereocenters. The van der Waals surface area contributed by atoms with Crippen LogP contribution in [0.3, 0.4) is 0 Å². The lowest BCUT2D eigenvalue weighted by Crippen LogP contribution is -2.32. The normalized spacial score (nSPS) is 11.3. The standard InChI is InChI=1S/C22H29N3O2/c1-7-9-24(10-8-2)21(26)20-17(6)23-25-18(13-27-22(20)25)19-15(4)11-14(3)12-16(19)5/h11-13H,7-10H2,1-6H3. The van der Waals surface area contributed by atoms with Crippen LogP contribution in [0.15, 0.2) is 22.8 Å². The van der Waals surface area contributed by atoms with E-state index in [9.17, 15) is 4.79 Å². The zero-order chi connectivity index (χ0) is 19.7. The van der Waals surface area contributed by atoms with Gasteiger partial charge in [-0.3, -0.25) is 4.79 Å². The molecule has 1 amide bonds. The molecule has 0 saturated heterocycles. The Morgan fingerprint density at radius 2 is 1.67 bits per heavy atom. The lowest BCUT2D eigenvalue weighted by atomic mass is 9.98. The Balaban J connectivity index is 2.13. The molecule has 2 aromatic heterocycles. The first-order valence-corrected chi connectivity index (χ1v) is 9.73. The van der Waals surface area contributed by atoms with Gasteiger partial charge in [-0.1, -0.05) is 31.5 Å². The fourth-order valence-corrected chi connectivity index (χ4v) is 3.95. The summed E-state index contributed by atoms with van der Waals surface area (Å²) in [6.45, 7) is 13.8. The molecule has 0 aliphatic heterocycles. The second-order valence-corrected chi connectivity index (χ2v) is 7.36. The van der Waals surface area contributed by atoms with Crippen molar-refractivity contribution in [1.82, 2.24) is 14.5 Å². The number of nitrogens with zero attached hydrogens (tertiary/aromatic N) is 3. The monoisotopic (exact) mass is 367 g/mol. The van der Waals surface area contributed by atoms with Crippen molar-refractivity contribution in [3.05, 3.63) is 46.3 Å². The number of aromatic nitrogens is 2. The summed E-state index contributed by atoms with van der Waals surface area (Å²) in [7, 11) is 0. The van der Waals surface area contributed by atoms with E-state index in [2.05, 4.69) is 51.9 Å². The van der Waals surface area contributed by atoms with Gasteiger partial charge in [0.15, 0.2) is 0 Å². The number of carbonyl (C=O) groups excluding carboxylic acids is 1. The van der Waals surface area contributed by atoms with Crippen molar-refractivity contribution >= 4 is 11.6 Å². The molecule has 0 aliphatic carbocycles. The largest absolute Gasteiger partial charge is 0.444 e. The number of amides is 1. The average molecular weight is 367 g/mol. The number of rotatable bonds is 6. The lowest BCUT2D eigenvalue weighted by molar-refractivity contribution is 0.0755. The zero-order valence-corrected chi connectivity index (χ0v) is 17.2. The molecule has 0 aliphatic rings. The highest BCUT2D eigenvalue weighted by Crippen LogP contribution is 2.32. The first-order valence-electron chi connectivity index (χ1n) is 9.73. The number of carbonyl (C=O) groups is 1. The van der Waals surface area contributed by atoms with Crippen LogP contribution >= 0.6 is 0 Å². The molecule has 1 aromatic carbocycles. The number of fused-ring (bicyclic) bond motifs is 1. The number of hydrogen-bond donors (Lipinski definition) is 0. The van der Waals surface area contributed by atoms with Crippen molar-refractivity contribution in [3.8, 4) is 11.3 Å². The molecule has 144 valence electrons. The van der Waals surface area contributed by atoms with Gasteiger partial charge in [0.2, 0.25) is 5.71 Å². The van der Waals surface area contributed by atoms with Crippen molar-refractivity contribution in [2.45, 2.75) is 54.4 Å². The Morgan fingerprint density at radius 1 is 1.07 bits per heavy atom. The van der Waals surface area contributed by atoms with E-state index in [1.54, 1.807) is 10.8 Å². The van der Waals surface area contributed by atoms with Crippen molar-refractivity contribution in [3.63, 3.8) is 0 Å². The predicted octanol–water partition coefficient (Wildman–Crippen LogP) is 5.09. The van der Waals surface area contributed by atoms with E-state index < -0.39 is 0 Å². The third-order valence-corrected chi connectivity index (χ3v) is 4.95. The van der Waals surface area contributed by atoms with E-state index in [1.165, 1.54) is 16.7 Å². The number of benzene rings is 1. The Labute approximate surface area is 161 Å². The van der Waals surface area contributed by atoms with Crippen LogP contribution in [0.5, 0.6) is 0 Å². The molecular weight excluding hydrogens is 338 g/mol. The van der Waals surface area contributed by atoms with Gasteiger partial charge < -0.3 is 9.32 Å². The molecule has 0 N–H and O–H groups in total. The second-order valence-electron chi connectivity index (χ2n) is 7.36. The fraction of sp³-hybridized carbons (Fsp3) is 0.455. The first-order chi connectivity index (χ1) is 12.9. The lowest BCUT2D eigenvalue weighted by Gasteiger charge is -2.20. The zero-order valence-electron chi connectivity index (χ0n) is 17.2. The molecule has 0 unspecified atom stereocenters. The molecule has 3 aromatic rings. The Morgan fingerprint density at radius 3 is 2.22 bits per heavy atom. The molecule has 0 bridgehead atoms. The molecule has 0 radical (unpaired) electrons. The summed E-state index contributed by atoms with van der Waals surface area (Å²) >= 11 is 0. The topological polar surface area (TPSA) is 50.8 Å². The highest BCUT2D eigenvalue weighted by Gasteiger charge is 2.26. The van der Waals surface area contributed by atoms with Gasteiger partial charge in [0.1, 0.15) is 17.5 Å². The Hall–Kier alpha value is -2.56. The molecule has 0 fully saturated rings. The third kappa shape index (κ3) is 3.38. The Kier molecular flexibility index (Phi) is 5.40. The number of oxazole rings is 1. The van der Waals surface area contributed by atoms with Gasteiger partial charge >= 0.3 is 0 Å². The highest BCUT2D eigenvalue weighted by molar-refractivity contribution is 6.01. The van der Waals surface area contributed by atoms with Crippen LogP contribution < -0.4 is 0 Å². The highest BCUT2D eigenvalue weighted by atomic mass is 16.3. The minimum atomic E-state index is 0.00412. The third-order valence-electron chi connectivity index (χ3n) is 4.95. The van der Waals surface area contributed by atoms with Crippen molar-refractivity contribution in [2.75, 3.05) is 13.1 Å². The molecule has 2 heterocycles. The van der Waals surface area contributed by atoms with Gasteiger partial charge in [-0.05, 0) is 51.7 Å². The maximum atomic E-state index is 13.2. The summed E-state index contributed by atoms with van der Waals surface area (Å²) in [6.07, 6.45) is 3.58. The predicted molar refractivity (Wildman–Crippen MR) is 108 cm³/mol. The second kappa shape index (κ2) is 7.59. The van der Waals surface area contributed by atoms with Gasteiger partial charge in [0.25, 0.3) is 5.91 Å².